The smallest absolute Gasteiger partial charge is 0.249 e. The van der Waals surface area contributed by atoms with Crippen LogP contribution in [0.2, 0.25) is 0 Å². The summed E-state index contributed by atoms with van der Waals surface area (Å²) in [6.45, 7) is 13.1. The van der Waals surface area contributed by atoms with Gasteiger partial charge < -0.3 is 15.0 Å². The van der Waals surface area contributed by atoms with E-state index >= 15 is 0 Å². The number of ether oxygens (including phenoxy) is 1. The molecule has 0 saturated carbocycles. The number of hydrogen-bond acceptors (Lipinski definition) is 6. The van der Waals surface area contributed by atoms with Crippen LogP contribution in [0, 0.1) is 0 Å². The standard InChI is InChI=1S/C34H42N6O3/c1-6-24(2)25-11-17-28(18-12-25)40(31(41)23-39-30-10-8-7-9-29(30)36-37-39)32(33(42)35-34(3,4)5)26-13-15-27(16-14-26)38-19-21-43-22-20-38/h7-18,24,32H,6,19-23H2,1-5H3,(H,35,42)/t24-,32-/m0/s1. The number of para-hydroxylation sites is 1. The highest BCUT2D eigenvalue weighted by Gasteiger charge is 2.35. The van der Waals surface area contributed by atoms with Crippen molar-refractivity contribution in [2.45, 2.75) is 65.1 Å². The van der Waals surface area contributed by atoms with Gasteiger partial charge in [0.05, 0.1) is 18.7 Å². The largest absolute Gasteiger partial charge is 0.378 e. The van der Waals surface area contributed by atoms with Crippen molar-refractivity contribution in [2.75, 3.05) is 36.1 Å². The van der Waals surface area contributed by atoms with E-state index in [9.17, 15) is 9.59 Å². The lowest BCUT2D eigenvalue weighted by Crippen LogP contribution is -2.50. The molecule has 1 aromatic heterocycles. The van der Waals surface area contributed by atoms with Gasteiger partial charge in [-0.2, -0.15) is 0 Å². The Morgan fingerprint density at radius 3 is 2.26 bits per heavy atom. The summed E-state index contributed by atoms with van der Waals surface area (Å²) in [5.41, 5.74) is 4.59. The third-order valence-electron chi connectivity index (χ3n) is 7.92. The third kappa shape index (κ3) is 7.05. The van der Waals surface area contributed by atoms with E-state index in [2.05, 4.69) is 46.5 Å². The number of aromatic nitrogens is 3. The van der Waals surface area contributed by atoms with Gasteiger partial charge >= 0.3 is 0 Å². The van der Waals surface area contributed by atoms with Gasteiger partial charge in [0.25, 0.3) is 0 Å². The molecule has 0 radical (unpaired) electrons. The van der Waals surface area contributed by atoms with Gasteiger partial charge in [-0.15, -0.1) is 5.10 Å². The van der Waals surface area contributed by atoms with Gasteiger partial charge in [-0.05, 0) is 80.6 Å². The molecule has 226 valence electrons. The molecule has 0 aliphatic carbocycles. The molecule has 2 atom stereocenters. The summed E-state index contributed by atoms with van der Waals surface area (Å²) in [5.74, 6) is -0.139. The Morgan fingerprint density at radius 2 is 1.60 bits per heavy atom. The van der Waals surface area contributed by atoms with Crippen LogP contribution in [-0.2, 0) is 20.9 Å². The van der Waals surface area contributed by atoms with E-state index in [1.54, 1.807) is 9.58 Å². The zero-order valence-electron chi connectivity index (χ0n) is 25.8. The number of anilines is 2. The van der Waals surface area contributed by atoms with E-state index in [1.165, 1.54) is 5.56 Å². The van der Waals surface area contributed by atoms with Crippen molar-refractivity contribution in [3.63, 3.8) is 0 Å². The molecule has 2 amide bonds. The maximum Gasteiger partial charge on any atom is 0.249 e. The molecule has 2 heterocycles. The number of morpholine rings is 1. The van der Waals surface area contributed by atoms with Gasteiger partial charge in [0.1, 0.15) is 18.1 Å². The predicted octanol–water partition coefficient (Wildman–Crippen LogP) is 5.47. The minimum absolute atomic E-state index is 0.0706. The highest BCUT2D eigenvalue weighted by molar-refractivity contribution is 6.01. The molecule has 9 nitrogen and oxygen atoms in total. The van der Waals surface area contributed by atoms with Crippen LogP contribution in [0.25, 0.3) is 11.0 Å². The van der Waals surface area contributed by atoms with E-state index in [4.69, 9.17) is 4.74 Å². The van der Waals surface area contributed by atoms with E-state index in [-0.39, 0.29) is 18.4 Å². The first-order valence-corrected chi connectivity index (χ1v) is 15.1. The fraction of sp³-hybridized carbons (Fsp3) is 0.412. The van der Waals surface area contributed by atoms with Crippen molar-refractivity contribution in [1.82, 2.24) is 20.3 Å². The minimum atomic E-state index is -0.908. The second kappa shape index (κ2) is 13.0. The van der Waals surface area contributed by atoms with E-state index < -0.39 is 11.6 Å². The Balaban J connectivity index is 1.57. The van der Waals surface area contributed by atoms with Gasteiger partial charge in [-0.25, -0.2) is 4.68 Å². The van der Waals surface area contributed by atoms with E-state index in [1.807, 2.05) is 81.4 Å². The summed E-state index contributed by atoms with van der Waals surface area (Å²) >= 11 is 0. The summed E-state index contributed by atoms with van der Waals surface area (Å²) in [4.78, 5) is 32.4. The summed E-state index contributed by atoms with van der Waals surface area (Å²) < 4.78 is 7.11. The van der Waals surface area contributed by atoms with Crippen LogP contribution in [-0.4, -0.2) is 58.7 Å². The normalized spacial score (nSPS) is 15.2. The lowest BCUT2D eigenvalue weighted by molar-refractivity contribution is -0.128. The molecule has 3 aromatic carbocycles. The number of nitrogens with one attached hydrogen (secondary N) is 1. The number of carbonyl (C=O) groups excluding carboxylic acids is 2. The molecule has 1 N–H and O–H groups in total. The van der Waals surface area contributed by atoms with Crippen LogP contribution in [0.5, 0.6) is 0 Å². The summed E-state index contributed by atoms with van der Waals surface area (Å²) in [6, 6.07) is 22.6. The zero-order chi connectivity index (χ0) is 30.6. The van der Waals surface area contributed by atoms with Gasteiger partial charge in [0.2, 0.25) is 11.8 Å². The van der Waals surface area contributed by atoms with Crippen molar-refractivity contribution < 1.29 is 14.3 Å². The first-order chi connectivity index (χ1) is 20.6. The van der Waals surface area contributed by atoms with Crippen molar-refractivity contribution >= 4 is 34.2 Å². The maximum absolute atomic E-state index is 14.4. The van der Waals surface area contributed by atoms with Crippen molar-refractivity contribution in [3.8, 4) is 0 Å². The number of benzene rings is 3. The molecule has 1 fully saturated rings. The lowest BCUT2D eigenvalue weighted by Gasteiger charge is -2.34. The Bertz CT molecular complexity index is 1540. The van der Waals surface area contributed by atoms with E-state index in [0.717, 1.165) is 36.3 Å². The van der Waals surface area contributed by atoms with Crippen LogP contribution in [0.3, 0.4) is 0 Å². The van der Waals surface area contributed by atoms with Crippen LogP contribution < -0.4 is 15.1 Å². The molecule has 0 bridgehead atoms. The Morgan fingerprint density at radius 1 is 0.953 bits per heavy atom. The quantitative estimate of drug-likeness (QED) is 0.281. The Hall–Kier alpha value is -4.24. The topological polar surface area (TPSA) is 92.6 Å². The second-order valence-corrected chi connectivity index (χ2v) is 12.2. The third-order valence-corrected chi connectivity index (χ3v) is 7.92. The summed E-state index contributed by atoms with van der Waals surface area (Å²) in [5, 5.41) is 11.6. The maximum atomic E-state index is 14.4. The number of nitrogens with zero attached hydrogens (tertiary/aromatic N) is 5. The van der Waals surface area contributed by atoms with Crippen molar-refractivity contribution in [2.24, 2.45) is 0 Å². The van der Waals surface area contributed by atoms with Crippen LogP contribution >= 0.6 is 0 Å². The van der Waals surface area contributed by atoms with Crippen molar-refractivity contribution in [3.05, 3.63) is 83.9 Å². The highest BCUT2D eigenvalue weighted by Crippen LogP contribution is 2.32. The monoisotopic (exact) mass is 582 g/mol. The van der Waals surface area contributed by atoms with Gasteiger partial charge in [0.15, 0.2) is 0 Å². The highest BCUT2D eigenvalue weighted by atomic mass is 16.5. The molecule has 1 aliphatic heterocycles. The molecular weight excluding hydrogens is 540 g/mol. The molecule has 1 aliphatic rings. The Labute approximate surface area is 253 Å². The average Bonchev–Trinajstić information content (AvgIpc) is 3.41. The second-order valence-electron chi connectivity index (χ2n) is 12.2. The first-order valence-electron chi connectivity index (χ1n) is 15.1. The summed E-state index contributed by atoms with van der Waals surface area (Å²) in [7, 11) is 0. The van der Waals surface area contributed by atoms with E-state index in [0.29, 0.717) is 30.3 Å². The SMILES string of the molecule is CC[C@H](C)c1ccc(N(C(=O)Cn2nnc3ccccc32)[C@H](C(=O)NC(C)(C)C)c2ccc(N3CCOCC3)cc2)cc1. The lowest BCUT2D eigenvalue weighted by atomic mass is 9.97. The fourth-order valence-electron chi connectivity index (χ4n) is 5.42. The molecule has 9 heteroatoms. The molecule has 0 unspecified atom stereocenters. The van der Waals surface area contributed by atoms with Gasteiger partial charge in [-0.3, -0.25) is 14.5 Å². The number of rotatable bonds is 9. The van der Waals surface area contributed by atoms with Gasteiger partial charge in [-0.1, -0.05) is 55.5 Å². The van der Waals surface area contributed by atoms with Crippen LogP contribution in [0.1, 0.15) is 64.1 Å². The number of hydrogen-bond donors (Lipinski definition) is 1. The number of amides is 2. The average molecular weight is 583 g/mol. The van der Waals surface area contributed by atoms with Gasteiger partial charge in [0, 0.05) is 30.0 Å². The molecule has 43 heavy (non-hydrogen) atoms. The molecule has 0 spiro atoms. The molecule has 4 aromatic rings. The number of fused-ring (bicyclic) bond motifs is 1. The van der Waals surface area contributed by atoms with Crippen LogP contribution in [0.4, 0.5) is 11.4 Å². The first kappa shape index (κ1) is 30.2. The number of carbonyl (C=O) groups is 2. The summed E-state index contributed by atoms with van der Waals surface area (Å²) in [6.07, 6.45) is 1.01. The Kier molecular flexibility index (Phi) is 9.11. The minimum Gasteiger partial charge on any atom is -0.378 e. The van der Waals surface area contributed by atoms with Crippen molar-refractivity contribution in [1.29, 1.82) is 0 Å². The zero-order valence-corrected chi connectivity index (χ0v) is 25.8. The molecular formula is C34H42N6O3. The molecule has 1 saturated heterocycles. The van der Waals surface area contributed by atoms with Crippen LogP contribution in [0.15, 0.2) is 72.8 Å². The molecule has 5 rings (SSSR count). The predicted molar refractivity (Wildman–Crippen MR) is 170 cm³/mol. The fourth-order valence-corrected chi connectivity index (χ4v) is 5.42.